The van der Waals surface area contributed by atoms with Gasteiger partial charge in [-0.2, -0.15) is 0 Å². The minimum Gasteiger partial charge on any atom is -0.459 e. The van der Waals surface area contributed by atoms with E-state index in [2.05, 4.69) is 0 Å². The molecule has 104 valence electrons. The minimum absolute atomic E-state index is 0.0710. The first-order valence-corrected chi connectivity index (χ1v) is 6.15. The lowest BCUT2D eigenvalue weighted by molar-refractivity contribution is -0.157. The van der Waals surface area contributed by atoms with Gasteiger partial charge in [0.2, 0.25) is 0 Å². The molecule has 1 aromatic carbocycles. The van der Waals surface area contributed by atoms with Gasteiger partial charge in [0.15, 0.2) is 5.78 Å². The predicted molar refractivity (Wildman–Crippen MR) is 70.5 cm³/mol. The zero-order chi connectivity index (χ0) is 14.8. The van der Waals surface area contributed by atoms with Gasteiger partial charge in [0.05, 0.1) is 5.56 Å². The van der Waals surface area contributed by atoms with E-state index in [0.29, 0.717) is 0 Å². The summed E-state index contributed by atoms with van der Waals surface area (Å²) in [6, 6.07) is 4.24. The molecular weight excluding hydrogens is 247 g/mol. The van der Waals surface area contributed by atoms with E-state index in [1.165, 1.54) is 19.1 Å². The highest BCUT2D eigenvalue weighted by Gasteiger charge is 2.29. The molecule has 0 saturated heterocycles. The van der Waals surface area contributed by atoms with E-state index in [9.17, 15) is 14.0 Å². The number of rotatable bonds is 3. The second-order valence-electron chi connectivity index (χ2n) is 5.60. The number of hydrogen-bond acceptors (Lipinski definition) is 3. The molecule has 0 aliphatic heterocycles. The minimum atomic E-state index is -1.02. The molecule has 1 aromatic rings. The molecule has 0 aromatic heterocycles. The number of ketones is 1. The summed E-state index contributed by atoms with van der Waals surface area (Å²) in [6.45, 7) is 8.34. The third kappa shape index (κ3) is 4.16. The maximum absolute atomic E-state index is 13.6. The fourth-order valence-corrected chi connectivity index (χ4v) is 1.56. The van der Waals surface area contributed by atoms with Crippen LogP contribution in [0.1, 0.15) is 43.6 Å². The molecule has 4 heteroatoms. The lowest BCUT2D eigenvalue weighted by atomic mass is 9.97. The molecule has 0 bridgehead atoms. The molecule has 0 heterocycles. The molecule has 0 fully saturated rings. The average molecular weight is 266 g/mol. The van der Waals surface area contributed by atoms with E-state index in [4.69, 9.17) is 4.74 Å². The van der Waals surface area contributed by atoms with Gasteiger partial charge in [-0.1, -0.05) is 11.6 Å². The van der Waals surface area contributed by atoms with Crippen LogP contribution in [0.4, 0.5) is 4.39 Å². The summed E-state index contributed by atoms with van der Waals surface area (Å²) in [5, 5.41) is 0. The second kappa shape index (κ2) is 5.51. The summed E-state index contributed by atoms with van der Waals surface area (Å²) in [7, 11) is 0. The maximum Gasteiger partial charge on any atom is 0.317 e. The molecule has 1 rings (SSSR count). The Labute approximate surface area is 112 Å². The zero-order valence-electron chi connectivity index (χ0n) is 11.9. The van der Waals surface area contributed by atoms with Crippen molar-refractivity contribution in [2.24, 2.45) is 5.92 Å². The van der Waals surface area contributed by atoms with Gasteiger partial charge < -0.3 is 4.74 Å². The first-order valence-electron chi connectivity index (χ1n) is 6.15. The predicted octanol–water partition coefficient (Wildman–Crippen LogP) is 3.29. The van der Waals surface area contributed by atoms with Crippen LogP contribution in [0.15, 0.2) is 18.2 Å². The molecule has 0 aliphatic rings. The monoisotopic (exact) mass is 266 g/mol. The van der Waals surface area contributed by atoms with Gasteiger partial charge in [0.25, 0.3) is 0 Å². The maximum atomic E-state index is 13.6. The van der Waals surface area contributed by atoms with E-state index >= 15 is 0 Å². The topological polar surface area (TPSA) is 43.4 Å². The smallest absolute Gasteiger partial charge is 0.317 e. The molecule has 0 amide bonds. The van der Waals surface area contributed by atoms with Crippen LogP contribution < -0.4 is 0 Å². The second-order valence-corrected chi connectivity index (χ2v) is 5.60. The SMILES string of the molecule is Cc1ccc(F)c(C(=O)C(C)C(=O)OC(C)(C)C)c1. The number of carbonyl (C=O) groups is 2. The fourth-order valence-electron chi connectivity index (χ4n) is 1.56. The lowest BCUT2D eigenvalue weighted by Crippen LogP contribution is -2.31. The molecule has 1 unspecified atom stereocenters. The number of halogens is 1. The van der Waals surface area contributed by atoms with E-state index in [-0.39, 0.29) is 5.56 Å². The van der Waals surface area contributed by atoms with Gasteiger partial charge in [-0.15, -0.1) is 0 Å². The van der Waals surface area contributed by atoms with Gasteiger partial charge in [-0.25, -0.2) is 4.39 Å². The van der Waals surface area contributed by atoms with Crippen LogP contribution in [0.25, 0.3) is 0 Å². The molecule has 0 spiro atoms. The van der Waals surface area contributed by atoms with Crippen LogP contribution in [-0.2, 0) is 9.53 Å². The quantitative estimate of drug-likeness (QED) is 0.479. The number of ether oxygens (including phenoxy) is 1. The zero-order valence-corrected chi connectivity index (χ0v) is 11.9. The van der Waals surface area contributed by atoms with Crippen molar-refractivity contribution in [3.8, 4) is 0 Å². The van der Waals surface area contributed by atoms with Crippen molar-refractivity contribution in [3.63, 3.8) is 0 Å². The van der Waals surface area contributed by atoms with Gasteiger partial charge in [-0.05, 0) is 46.8 Å². The Morgan fingerprint density at radius 2 is 1.84 bits per heavy atom. The number of benzene rings is 1. The number of esters is 1. The summed E-state index contributed by atoms with van der Waals surface area (Å²) in [4.78, 5) is 23.9. The van der Waals surface area contributed by atoms with Crippen molar-refractivity contribution < 1.29 is 18.7 Å². The summed E-state index contributed by atoms with van der Waals surface area (Å²) >= 11 is 0. The normalized spacial score (nSPS) is 12.9. The Kier molecular flexibility index (Phi) is 4.45. The van der Waals surface area contributed by atoms with E-state index in [1.54, 1.807) is 33.8 Å². The van der Waals surface area contributed by atoms with Crippen LogP contribution in [0.2, 0.25) is 0 Å². The fraction of sp³-hybridized carbons (Fsp3) is 0.467. The highest BCUT2D eigenvalue weighted by molar-refractivity contribution is 6.08. The number of carbonyl (C=O) groups excluding carboxylic acids is 2. The Morgan fingerprint density at radius 3 is 2.37 bits per heavy atom. The molecule has 19 heavy (non-hydrogen) atoms. The molecule has 3 nitrogen and oxygen atoms in total. The van der Waals surface area contributed by atoms with Crippen molar-refractivity contribution in [3.05, 3.63) is 35.1 Å². The van der Waals surface area contributed by atoms with Crippen LogP contribution >= 0.6 is 0 Å². The van der Waals surface area contributed by atoms with Crippen LogP contribution in [-0.4, -0.2) is 17.4 Å². The van der Waals surface area contributed by atoms with Gasteiger partial charge in [0, 0.05) is 0 Å². The molecule has 0 saturated carbocycles. The number of aryl methyl sites for hydroxylation is 1. The number of hydrogen-bond donors (Lipinski definition) is 0. The lowest BCUT2D eigenvalue weighted by Gasteiger charge is -2.21. The van der Waals surface area contributed by atoms with Gasteiger partial charge in [-0.3, -0.25) is 9.59 Å². The Bertz CT molecular complexity index is 501. The van der Waals surface area contributed by atoms with E-state index in [1.807, 2.05) is 0 Å². The summed E-state index contributed by atoms with van der Waals surface area (Å²) in [5.41, 5.74) is 0.0241. The summed E-state index contributed by atoms with van der Waals surface area (Å²) < 4.78 is 18.7. The summed E-state index contributed by atoms with van der Waals surface area (Å²) in [5.74, 6) is -2.84. The van der Waals surface area contributed by atoms with Crippen molar-refractivity contribution in [2.45, 2.75) is 40.2 Å². The molecular formula is C15H19FO3. The Morgan fingerprint density at radius 1 is 1.26 bits per heavy atom. The number of Topliss-reactive ketones (excluding diaryl/α,β-unsaturated/α-hetero) is 1. The Hall–Kier alpha value is -1.71. The first-order chi connectivity index (χ1) is 8.61. The standard InChI is InChI=1S/C15H19FO3/c1-9-6-7-12(16)11(8-9)13(17)10(2)14(18)19-15(3,4)5/h6-8,10H,1-5H3. The van der Waals surface area contributed by atoms with Crippen molar-refractivity contribution in [1.82, 2.24) is 0 Å². The largest absolute Gasteiger partial charge is 0.459 e. The van der Waals surface area contributed by atoms with Crippen LogP contribution in [0, 0.1) is 18.7 Å². The first kappa shape index (κ1) is 15.3. The van der Waals surface area contributed by atoms with Crippen molar-refractivity contribution in [2.75, 3.05) is 0 Å². The van der Waals surface area contributed by atoms with Crippen LogP contribution in [0.3, 0.4) is 0 Å². The average Bonchev–Trinajstić information content (AvgIpc) is 2.28. The van der Waals surface area contributed by atoms with Crippen molar-refractivity contribution in [1.29, 1.82) is 0 Å². The third-order valence-corrected chi connectivity index (χ3v) is 2.54. The Balaban J connectivity index is 2.94. The third-order valence-electron chi connectivity index (χ3n) is 2.54. The van der Waals surface area contributed by atoms with Gasteiger partial charge in [0.1, 0.15) is 17.3 Å². The molecule has 0 N–H and O–H groups in total. The summed E-state index contributed by atoms with van der Waals surface area (Å²) in [6.07, 6.45) is 0. The van der Waals surface area contributed by atoms with E-state index < -0.39 is 29.1 Å². The van der Waals surface area contributed by atoms with Crippen LogP contribution in [0.5, 0.6) is 0 Å². The van der Waals surface area contributed by atoms with E-state index in [0.717, 1.165) is 5.56 Å². The highest BCUT2D eigenvalue weighted by atomic mass is 19.1. The highest BCUT2D eigenvalue weighted by Crippen LogP contribution is 2.18. The van der Waals surface area contributed by atoms with Gasteiger partial charge >= 0.3 is 5.97 Å². The molecule has 1 atom stereocenters. The molecule has 0 radical (unpaired) electrons. The van der Waals surface area contributed by atoms with Crippen molar-refractivity contribution >= 4 is 11.8 Å². The molecule has 0 aliphatic carbocycles.